The first kappa shape index (κ1) is 19.4. The maximum Gasteiger partial charge on any atom is 0.203 e. The summed E-state index contributed by atoms with van der Waals surface area (Å²) in [4.78, 5) is 4.50. The van der Waals surface area contributed by atoms with E-state index in [9.17, 15) is 0 Å². The Morgan fingerprint density at radius 3 is 1.86 bits per heavy atom. The Kier molecular flexibility index (Phi) is 5.89. The van der Waals surface area contributed by atoms with E-state index in [0.717, 1.165) is 22.0 Å². The Labute approximate surface area is 164 Å². The second-order valence-electron chi connectivity index (χ2n) is 5.92. The molecule has 0 fully saturated rings. The van der Waals surface area contributed by atoms with Gasteiger partial charge in [-0.3, -0.25) is 4.98 Å². The predicted molar refractivity (Wildman–Crippen MR) is 110 cm³/mol. The first-order valence-corrected chi connectivity index (χ1v) is 8.64. The van der Waals surface area contributed by atoms with Crippen molar-refractivity contribution in [3.63, 3.8) is 0 Å². The van der Waals surface area contributed by atoms with Gasteiger partial charge in [-0.05, 0) is 47.4 Å². The van der Waals surface area contributed by atoms with E-state index in [2.05, 4.69) is 4.98 Å². The third-order valence-corrected chi connectivity index (χ3v) is 4.42. The number of fused-ring (bicyclic) bond motifs is 1. The van der Waals surface area contributed by atoms with Crippen LogP contribution in [0.3, 0.4) is 0 Å². The van der Waals surface area contributed by atoms with Gasteiger partial charge in [0.2, 0.25) is 5.75 Å². The summed E-state index contributed by atoms with van der Waals surface area (Å²) in [7, 11) is 8.01. The zero-order chi connectivity index (χ0) is 20.1. The molecule has 1 heterocycles. The largest absolute Gasteiger partial charge is 0.493 e. The van der Waals surface area contributed by atoms with E-state index in [0.29, 0.717) is 28.7 Å². The van der Waals surface area contributed by atoms with Gasteiger partial charge >= 0.3 is 0 Å². The molecular formula is C22H23NO5. The third-order valence-electron chi connectivity index (χ3n) is 4.42. The molecule has 0 bridgehead atoms. The summed E-state index contributed by atoms with van der Waals surface area (Å²) in [5.74, 6) is 3.09. The highest BCUT2D eigenvalue weighted by Gasteiger charge is 2.12. The number of pyridine rings is 1. The molecule has 0 aliphatic rings. The second kappa shape index (κ2) is 8.52. The SMILES string of the molecule is COc1cc2ccnc(C=Cc3cc(OC)c(OC)c(OC)c3)c2cc1OC. The van der Waals surface area contributed by atoms with Gasteiger partial charge in [-0.1, -0.05) is 6.08 Å². The number of aromatic nitrogens is 1. The summed E-state index contributed by atoms with van der Waals surface area (Å²) in [6.45, 7) is 0. The first-order valence-electron chi connectivity index (χ1n) is 8.64. The maximum atomic E-state index is 5.42. The van der Waals surface area contributed by atoms with Crippen LogP contribution in [0.4, 0.5) is 0 Å². The lowest BCUT2D eigenvalue weighted by Crippen LogP contribution is -1.95. The minimum atomic E-state index is 0.558. The number of benzene rings is 2. The molecule has 0 atom stereocenters. The summed E-state index contributed by atoms with van der Waals surface area (Å²) in [5.41, 5.74) is 1.71. The topological polar surface area (TPSA) is 59.0 Å². The van der Waals surface area contributed by atoms with Crippen molar-refractivity contribution < 1.29 is 23.7 Å². The fourth-order valence-electron chi connectivity index (χ4n) is 3.03. The summed E-state index contributed by atoms with van der Waals surface area (Å²) in [5, 5.41) is 1.97. The van der Waals surface area contributed by atoms with Crippen molar-refractivity contribution in [1.29, 1.82) is 0 Å². The zero-order valence-electron chi connectivity index (χ0n) is 16.6. The van der Waals surface area contributed by atoms with Crippen LogP contribution in [-0.4, -0.2) is 40.5 Å². The van der Waals surface area contributed by atoms with Crippen molar-refractivity contribution in [1.82, 2.24) is 4.98 Å². The second-order valence-corrected chi connectivity index (χ2v) is 5.92. The highest BCUT2D eigenvalue weighted by Crippen LogP contribution is 2.39. The smallest absolute Gasteiger partial charge is 0.203 e. The number of hydrogen-bond donors (Lipinski definition) is 0. The lowest BCUT2D eigenvalue weighted by molar-refractivity contribution is 0.324. The summed E-state index contributed by atoms with van der Waals surface area (Å²) in [6.07, 6.45) is 5.65. The molecule has 6 nitrogen and oxygen atoms in total. The van der Waals surface area contributed by atoms with Crippen LogP contribution in [0.5, 0.6) is 28.7 Å². The van der Waals surface area contributed by atoms with Crippen LogP contribution in [0.15, 0.2) is 36.5 Å². The lowest BCUT2D eigenvalue weighted by atomic mass is 10.1. The molecular weight excluding hydrogens is 358 g/mol. The average Bonchev–Trinajstić information content (AvgIpc) is 2.75. The molecule has 0 spiro atoms. The molecule has 0 aliphatic heterocycles. The number of methoxy groups -OCH3 is 5. The minimum Gasteiger partial charge on any atom is -0.493 e. The van der Waals surface area contributed by atoms with Crippen LogP contribution >= 0.6 is 0 Å². The molecule has 6 heteroatoms. The quantitative estimate of drug-likeness (QED) is 0.603. The molecule has 0 unspecified atom stereocenters. The van der Waals surface area contributed by atoms with Crippen molar-refractivity contribution in [3.8, 4) is 28.7 Å². The molecule has 28 heavy (non-hydrogen) atoms. The van der Waals surface area contributed by atoms with Crippen LogP contribution in [0.25, 0.3) is 22.9 Å². The van der Waals surface area contributed by atoms with Gasteiger partial charge in [0.05, 0.1) is 41.2 Å². The average molecular weight is 381 g/mol. The van der Waals surface area contributed by atoms with Crippen molar-refractivity contribution in [2.24, 2.45) is 0 Å². The Morgan fingerprint density at radius 1 is 0.679 bits per heavy atom. The van der Waals surface area contributed by atoms with E-state index in [1.165, 1.54) is 0 Å². The van der Waals surface area contributed by atoms with Crippen LogP contribution in [0.1, 0.15) is 11.3 Å². The van der Waals surface area contributed by atoms with Crippen LogP contribution in [0.2, 0.25) is 0 Å². The number of rotatable bonds is 7. The Hall–Kier alpha value is -3.41. The molecule has 0 saturated heterocycles. The normalized spacial score (nSPS) is 10.9. The molecule has 1 aromatic heterocycles. The number of hydrogen-bond acceptors (Lipinski definition) is 6. The fraction of sp³-hybridized carbons (Fsp3) is 0.227. The van der Waals surface area contributed by atoms with E-state index in [1.54, 1.807) is 41.7 Å². The van der Waals surface area contributed by atoms with Gasteiger partial charge in [0.1, 0.15) is 0 Å². The van der Waals surface area contributed by atoms with Crippen molar-refractivity contribution in [3.05, 3.63) is 47.8 Å². The molecule has 2 aromatic carbocycles. The number of ether oxygens (including phenoxy) is 5. The Bertz CT molecular complexity index is 988. The van der Waals surface area contributed by atoms with Gasteiger partial charge in [-0.15, -0.1) is 0 Å². The van der Waals surface area contributed by atoms with Crippen LogP contribution in [-0.2, 0) is 0 Å². The van der Waals surface area contributed by atoms with Gasteiger partial charge in [-0.25, -0.2) is 0 Å². The summed E-state index contributed by atoms with van der Waals surface area (Å²) in [6, 6.07) is 9.57. The molecule has 3 aromatic rings. The lowest BCUT2D eigenvalue weighted by Gasteiger charge is -2.13. The highest BCUT2D eigenvalue weighted by atomic mass is 16.5. The molecule has 3 rings (SSSR count). The van der Waals surface area contributed by atoms with E-state index in [1.807, 2.05) is 42.5 Å². The molecule has 0 aliphatic carbocycles. The molecule has 0 radical (unpaired) electrons. The summed E-state index contributed by atoms with van der Waals surface area (Å²) < 4.78 is 27.0. The minimum absolute atomic E-state index is 0.558. The van der Waals surface area contributed by atoms with Crippen molar-refractivity contribution in [2.45, 2.75) is 0 Å². The predicted octanol–water partition coefficient (Wildman–Crippen LogP) is 4.45. The van der Waals surface area contributed by atoms with E-state index in [-0.39, 0.29) is 0 Å². The van der Waals surface area contributed by atoms with E-state index < -0.39 is 0 Å². The standard InChI is InChI=1S/C22H23NO5/c1-24-18-12-15-8-9-23-17(16(15)13-19(18)25-2)7-6-14-10-20(26-3)22(28-5)21(11-14)27-4/h6-13H,1-5H3. The van der Waals surface area contributed by atoms with Crippen molar-refractivity contribution in [2.75, 3.05) is 35.5 Å². The van der Waals surface area contributed by atoms with E-state index >= 15 is 0 Å². The van der Waals surface area contributed by atoms with Gasteiger partial charge in [-0.2, -0.15) is 0 Å². The summed E-state index contributed by atoms with van der Waals surface area (Å²) >= 11 is 0. The monoisotopic (exact) mass is 381 g/mol. The Morgan fingerprint density at radius 2 is 1.29 bits per heavy atom. The molecule has 0 amide bonds. The first-order chi connectivity index (χ1) is 13.6. The highest BCUT2D eigenvalue weighted by molar-refractivity contribution is 5.93. The zero-order valence-corrected chi connectivity index (χ0v) is 16.6. The number of nitrogens with zero attached hydrogens (tertiary/aromatic N) is 1. The Balaban J connectivity index is 2.06. The fourth-order valence-corrected chi connectivity index (χ4v) is 3.03. The van der Waals surface area contributed by atoms with Gasteiger partial charge in [0.15, 0.2) is 23.0 Å². The molecule has 146 valence electrons. The van der Waals surface area contributed by atoms with Crippen LogP contribution < -0.4 is 23.7 Å². The van der Waals surface area contributed by atoms with Crippen LogP contribution in [0, 0.1) is 0 Å². The van der Waals surface area contributed by atoms with Crippen molar-refractivity contribution >= 4 is 22.9 Å². The van der Waals surface area contributed by atoms with Gasteiger partial charge < -0.3 is 23.7 Å². The molecule has 0 N–H and O–H groups in total. The van der Waals surface area contributed by atoms with E-state index in [4.69, 9.17) is 23.7 Å². The maximum absolute atomic E-state index is 5.42. The van der Waals surface area contributed by atoms with Gasteiger partial charge in [0.25, 0.3) is 0 Å². The third kappa shape index (κ3) is 3.67. The van der Waals surface area contributed by atoms with Gasteiger partial charge in [0, 0.05) is 11.6 Å². The molecule has 0 saturated carbocycles.